The number of allylic oxidation sites excluding steroid dienone is 1. The molecule has 0 aliphatic heterocycles. The lowest BCUT2D eigenvalue weighted by Crippen LogP contribution is -2.14. The molecule has 1 amide bonds. The van der Waals surface area contributed by atoms with E-state index in [1.165, 1.54) is 36.4 Å². The van der Waals surface area contributed by atoms with Crippen molar-refractivity contribution in [2.24, 2.45) is 4.99 Å². The van der Waals surface area contributed by atoms with Gasteiger partial charge in [-0.05, 0) is 31.0 Å². The highest BCUT2D eigenvalue weighted by molar-refractivity contribution is 9.09. The molecular weight excluding hydrogens is 439 g/mol. The number of nitrogens with one attached hydrogen (secondary N) is 3. The van der Waals surface area contributed by atoms with Crippen LogP contribution in [0.3, 0.4) is 0 Å². The van der Waals surface area contributed by atoms with Crippen LogP contribution in [0.25, 0.3) is 0 Å². The summed E-state index contributed by atoms with van der Waals surface area (Å²) < 4.78 is 13.3. The topological polar surface area (TPSA) is 97.6 Å². The second kappa shape index (κ2) is 9.29. The SMILES string of the molecule is C=Nc1cc(O)c(NC(=O)/C=C/CBr)cc1C(=N)Nc1ccc(F)c(Cl)c1. The van der Waals surface area contributed by atoms with Crippen molar-refractivity contribution >= 4 is 63.1 Å². The van der Waals surface area contributed by atoms with Gasteiger partial charge in [-0.2, -0.15) is 0 Å². The fraction of sp³-hybridized carbons (Fsp3) is 0.0556. The van der Waals surface area contributed by atoms with Crippen molar-refractivity contribution in [1.82, 2.24) is 0 Å². The van der Waals surface area contributed by atoms with Crippen LogP contribution in [0.5, 0.6) is 5.75 Å². The van der Waals surface area contributed by atoms with Crippen molar-refractivity contribution in [3.8, 4) is 5.75 Å². The molecule has 0 radical (unpaired) electrons. The molecule has 0 aliphatic rings. The van der Waals surface area contributed by atoms with E-state index in [0.29, 0.717) is 11.0 Å². The maximum atomic E-state index is 13.3. The molecule has 0 atom stereocenters. The quantitative estimate of drug-likeness (QED) is 0.166. The van der Waals surface area contributed by atoms with Gasteiger partial charge in [0.2, 0.25) is 5.91 Å². The number of carbonyl (C=O) groups is 1. The Morgan fingerprint density at radius 2 is 2.11 bits per heavy atom. The molecule has 9 heteroatoms. The lowest BCUT2D eigenvalue weighted by molar-refractivity contribution is -0.111. The Balaban J connectivity index is 2.33. The highest BCUT2D eigenvalue weighted by Gasteiger charge is 2.14. The predicted octanol–water partition coefficient (Wildman–Crippen LogP) is 4.84. The lowest BCUT2D eigenvalue weighted by atomic mass is 10.1. The van der Waals surface area contributed by atoms with Crippen molar-refractivity contribution < 1.29 is 14.3 Å². The fourth-order valence-corrected chi connectivity index (χ4v) is 2.49. The number of phenolic OH excluding ortho intramolecular Hbond substituents is 1. The van der Waals surface area contributed by atoms with Gasteiger partial charge in [-0.1, -0.05) is 33.6 Å². The first-order valence-corrected chi connectivity index (χ1v) is 9.04. The molecule has 4 N–H and O–H groups in total. The molecular formula is C18H15BrClFN4O2. The Kier molecular flexibility index (Phi) is 7.09. The average Bonchev–Trinajstić information content (AvgIpc) is 2.64. The average molecular weight is 454 g/mol. The van der Waals surface area contributed by atoms with Gasteiger partial charge in [-0.3, -0.25) is 15.2 Å². The third-order valence-corrected chi connectivity index (χ3v) is 4.02. The number of nitrogens with zero attached hydrogens (tertiary/aromatic N) is 1. The van der Waals surface area contributed by atoms with Crippen molar-refractivity contribution in [2.45, 2.75) is 0 Å². The normalized spacial score (nSPS) is 10.6. The van der Waals surface area contributed by atoms with E-state index in [-0.39, 0.29) is 33.5 Å². The van der Waals surface area contributed by atoms with Gasteiger partial charge in [0.15, 0.2) is 0 Å². The van der Waals surface area contributed by atoms with E-state index in [1.807, 2.05) is 0 Å². The van der Waals surface area contributed by atoms with Gasteiger partial charge in [0.25, 0.3) is 0 Å². The number of halogens is 3. The van der Waals surface area contributed by atoms with Crippen LogP contribution in [-0.4, -0.2) is 28.9 Å². The molecule has 0 aliphatic carbocycles. The van der Waals surface area contributed by atoms with Crippen LogP contribution in [0.4, 0.5) is 21.5 Å². The molecule has 0 heterocycles. The molecule has 0 bridgehead atoms. The van der Waals surface area contributed by atoms with Crippen LogP contribution in [-0.2, 0) is 4.79 Å². The summed E-state index contributed by atoms with van der Waals surface area (Å²) in [4.78, 5) is 15.6. The molecule has 0 fully saturated rings. The second-order valence-corrected chi connectivity index (χ2v) is 6.27. The summed E-state index contributed by atoms with van der Waals surface area (Å²) in [7, 11) is 0. The molecule has 140 valence electrons. The number of amidine groups is 1. The van der Waals surface area contributed by atoms with Crippen LogP contribution in [0.15, 0.2) is 47.5 Å². The highest BCUT2D eigenvalue weighted by atomic mass is 79.9. The summed E-state index contributed by atoms with van der Waals surface area (Å²) in [6, 6.07) is 6.59. The predicted molar refractivity (Wildman–Crippen MR) is 111 cm³/mol. The van der Waals surface area contributed by atoms with Gasteiger partial charge in [0.05, 0.1) is 16.4 Å². The van der Waals surface area contributed by atoms with Crippen molar-refractivity contribution in [3.05, 3.63) is 58.9 Å². The van der Waals surface area contributed by atoms with E-state index < -0.39 is 11.7 Å². The summed E-state index contributed by atoms with van der Waals surface area (Å²) >= 11 is 8.91. The van der Waals surface area contributed by atoms with Gasteiger partial charge >= 0.3 is 0 Å². The first-order chi connectivity index (χ1) is 12.8. The smallest absolute Gasteiger partial charge is 0.248 e. The zero-order valence-corrected chi connectivity index (χ0v) is 16.2. The zero-order valence-electron chi connectivity index (χ0n) is 13.9. The van der Waals surface area contributed by atoms with Crippen LogP contribution < -0.4 is 10.6 Å². The number of aromatic hydroxyl groups is 1. The van der Waals surface area contributed by atoms with Gasteiger partial charge < -0.3 is 15.7 Å². The van der Waals surface area contributed by atoms with Crippen molar-refractivity contribution in [1.29, 1.82) is 5.41 Å². The molecule has 6 nitrogen and oxygen atoms in total. The maximum absolute atomic E-state index is 13.3. The van der Waals surface area contributed by atoms with E-state index in [9.17, 15) is 14.3 Å². The Hall–Kier alpha value is -2.71. The monoisotopic (exact) mass is 452 g/mol. The largest absolute Gasteiger partial charge is 0.506 e. The van der Waals surface area contributed by atoms with Crippen LogP contribution in [0.1, 0.15) is 5.56 Å². The van der Waals surface area contributed by atoms with Gasteiger partial charge in [0, 0.05) is 28.7 Å². The lowest BCUT2D eigenvalue weighted by Gasteiger charge is -2.14. The molecule has 0 unspecified atom stereocenters. The molecule has 27 heavy (non-hydrogen) atoms. The molecule has 0 saturated carbocycles. The number of anilines is 2. The van der Waals surface area contributed by atoms with E-state index in [4.69, 9.17) is 17.0 Å². The highest BCUT2D eigenvalue weighted by Crippen LogP contribution is 2.33. The van der Waals surface area contributed by atoms with Crippen LogP contribution >= 0.6 is 27.5 Å². The van der Waals surface area contributed by atoms with E-state index in [0.717, 1.165) is 0 Å². The van der Waals surface area contributed by atoms with E-state index in [1.54, 1.807) is 6.08 Å². The summed E-state index contributed by atoms with van der Waals surface area (Å²) in [6.07, 6.45) is 2.90. The fourth-order valence-electron chi connectivity index (χ4n) is 2.12. The summed E-state index contributed by atoms with van der Waals surface area (Å²) in [6.45, 7) is 3.42. The standard InChI is InChI=1S/C18H15BrClFN4O2/c1-23-14-9-16(26)15(25-17(27)3-2-6-19)8-11(14)18(22)24-10-4-5-13(21)12(20)7-10/h2-5,7-9,26H,1,6H2,(H2,22,24)(H,25,27)/b3-2+. The third-order valence-electron chi connectivity index (χ3n) is 3.36. The minimum atomic E-state index is -0.576. The van der Waals surface area contributed by atoms with Crippen molar-refractivity contribution in [3.63, 3.8) is 0 Å². The number of rotatable bonds is 6. The first kappa shape index (κ1) is 20.6. The summed E-state index contributed by atoms with van der Waals surface area (Å²) in [5.41, 5.74) is 0.987. The number of hydrogen-bond donors (Lipinski definition) is 4. The zero-order chi connectivity index (χ0) is 20.0. The molecule has 0 aromatic heterocycles. The van der Waals surface area contributed by atoms with Gasteiger partial charge in [0.1, 0.15) is 17.4 Å². The van der Waals surface area contributed by atoms with Crippen LogP contribution in [0, 0.1) is 11.2 Å². The second-order valence-electron chi connectivity index (χ2n) is 5.22. The number of alkyl halides is 1. The molecule has 2 aromatic rings. The minimum Gasteiger partial charge on any atom is -0.506 e. The molecule has 2 aromatic carbocycles. The number of carbonyl (C=O) groups excluding carboxylic acids is 1. The molecule has 0 saturated heterocycles. The maximum Gasteiger partial charge on any atom is 0.248 e. The number of phenols is 1. The van der Waals surface area contributed by atoms with E-state index in [2.05, 4.69) is 38.3 Å². The number of aliphatic imine (C=N–C) groups is 1. The number of benzene rings is 2. The third kappa shape index (κ3) is 5.38. The molecule has 0 spiro atoms. The number of amides is 1. The molecule has 2 rings (SSSR count). The van der Waals surface area contributed by atoms with E-state index >= 15 is 0 Å². The van der Waals surface area contributed by atoms with Gasteiger partial charge in [-0.15, -0.1) is 0 Å². The van der Waals surface area contributed by atoms with Gasteiger partial charge in [-0.25, -0.2) is 4.39 Å². The Labute approximate surface area is 168 Å². The first-order valence-electron chi connectivity index (χ1n) is 7.54. The Bertz CT molecular complexity index is 934. The summed E-state index contributed by atoms with van der Waals surface area (Å²) in [5, 5.41) is 24.0. The number of hydrogen-bond acceptors (Lipinski definition) is 4. The van der Waals surface area contributed by atoms with Crippen molar-refractivity contribution in [2.75, 3.05) is 16.0 Å². The Morgan fingerprint density at radius 3 is 2.74 bits per heavy atom. The Morgan fingerprint density at radius 1 is 1.37 bits per heavy atom. The van der Waals surface area contributed by atoms with Crippen LogP contribution in [0.2, 0.25) is 5.02 Å². The minimum absolute atomic E-state index is 0.0906. The summed E-state index contributed by atoms with van der Waals surface area (Å²) in [5.74, 6) is -1.35.